The summed E-state index contributed by atoms with van der Waals surface area (Å²) in [5, 5.41) is 22.7. The summed E-state index contributed by atoms with van der Waals surface area (Å²) < 4.78 is 5.78. The zero-order valence-corrected chi connectivity index (χ0v) is 24.6. The lowest BCUT2D eigenvalue weighted by molar-refractivity contribution is -0.394. The van der Waals surface area contributed by atoms with Gasteiger partial charge in [-0.3, -0.25) is 29.8 Å². The van der Waals surface area contributed by atoms with Crippen LogP contribution < -0.4 is 4.74 Å². The van der Waals surface area contributed by atoms with E-state index in [1.807, 2.05) is 0 Å². The van der Waals surface area contributed by atoms with E-state index in [0.717, 1.165) is 54.9 Å². The van der Waals surface area contributed by atoms with Gasteiger partial charge in [-0.1, -0.05) is 46.8 Å². The first kappa shape index (κ1) is 29.2. The molecule has 0 amide bonds. The lowest BCUT2D eigenvalue weighted by Crippen LogP contribution is -2.44. The second-order valence-corrected chi connectivity index (χ2v) is 13.0. The first-order valence-electron chi connectivity index (χ1n) is 14.2. The Balaban J connectivity index is 1.59. The van der Waals surface area contributed by atoms with Gasteiger partial charge >= 0.3 is 5.69 Å². The molecule has 0 atom stereocenters. The number of hydrogen-bond acceptors (Lipinski definition) is 8. The summed E-state index contributed by atoms with van der Waals surface area (Å²) >= 11 is 0. The molecule has 10 nitrogen and oxygen atoms in total. The van der Waals surface area contributed by atoms with Crippen LogP contribution in [0.4, 0.5) is 11.4 Å². The molecule has 0 unspecified atom stereocenters. The van der Waals surface area contributed by atoms with E-state index < -0.39 is 27.1 Å². The van der Waals surface area contributed by atoms with Crippen LogP contribution in [0.15, 0.2) is 65.0 Å². The number of benzene rings is 2. The zero-order valence-electron chi connectivity index (χ0n) is 24.6. The highest BCUT2D eigenvalue weighted by molar-refractivity contribution is 6.06. The SMILES string of the molecule is CCCN1C2=C(C(=O)CC(C)(C)C2)C(c2ccc(Oc3ccc([N+](=O)[O-])cc3[N+](=O)[O-])cc2)C2=C1CC(C)(C)CC2=O. The molecule has 0 spiro atoms. The molecule has 1 heterocycles. The Morgan fingerprint density at radius 3 is 1.86 bits per heavy atom. The second-order valence-electron chi connectivity index (χ2n) is 13.0. The van der Waals surface area contributed by atoms with Crippen LogP contribution in [0.25, 0.3) is 0 Å². The van der Waals surface area contributed by atoms with E-state index in [0.29, 0.717) is 24.0 Å². The monoisotopic (exact) mass is 573 g/mol. The first-order valence-corrected chi connectivity index (χ1v) is 14.2. The molecule has 0 radical (unpaired) electrons. The molecule has 2 aliphatic carbocycles. The molecule has 2 aromatic carbocycles. The summed E-state index contributed by atoms with van der Waals surface area (Å²) in [5.74, 6) is -0.236. The number of Topliss-reactive ketones (excluding diaryl/α,β-unsaturated/α-hetero) is 2. The van der Waals surface area contributed by atoms with Crippen LogP contribution in [0.5, 0.6) is 11.5 Å². The van der Waals surface area contributed by atoms with Crippen LogP contribution in [-0.4, -0.2) is 32.9 Å². The number of nitro benzene ring substituents is 2. The lowest BCUT2D eigenvalue weighted by Gasteiger charge is -2.49. The van der Waals surface area contributed by atoms with Gasteiger partial charge in [0, 0.05) is 53.9 Å². The van der Waals surface area contributed by atoms with E-state index in [9.17, 15) is 29.8 Å². The van der Waals surface area contributed by atoms with E-state index in [2.05, 4.69) is 39.5 Å². The molecule has 0 saturated heterocycles. The lowest BCUT2D eigenvalue weighted by atomic mass is 9.63. The topological polar surface area (TPSA) is 133 Å². The fourth-order valence-corrected chi connectivity index (χ4v) is 6.58. The normalized spacial score (nSPS) is 19.9. The number of hydrogen-bond donors (Lipinski definition) is 0. The van der Waals surface area contributed by atoms with Gasteiger partial charge in [0.05, 0.1) is 15.9 Å². The second kappa shape index (κ2) is 10.5. The smallest absolute Gasteiger partial charge is 0.318 e. The zero-order chi connectivity index (χ0) is 30.6. The van der Waals surface area contributed by atoms with Gasteiger partial charge in [-0.25, -0.2) is 0 Å². The number of carbonyl (C=O) groups is 2. The van der Waals surface area contributed by atoms with Crippen molar-refractivity contribution in [3.63, 3.8) is 0 Å². The molecular weight excluding hydrogens is 538 g/mol. The van der Waals surface area contributed by atoms with E-state index >= 15 is 0 Å². The maximum absolute atomic E-state index is 13.8. The number of ether oxygens (including phenoxy) is 1. The summed E-state index contributed by atoms with van der Waals surface area (Å²) in [6, 6.07) is 10.1. The Morgan fingerprint density at radius 2 is 1.38 bits per heavy atom. The van der Waals surface area contributed by atoms with Gasteiger partial charge in [-0.15, -0.1) is 0 Å². The summed E-state index contributed by atoms with van der Waals surface area (Å²) in [6.45, 7) is 11.3. The molecule has 0 bridgehead atoms. The average Bonchev–Trinajstić information content (AvgIpc) is 2.88. The average molecular weight is 574 g/mol. The third-order valence-corrected chi connectivity index (χ3v) is 8.26. The molecule has 42 heavy (non-hydrogen) atoms. The number of allylic oxidation sites excluding steroid dienone is 4. The summed E-state index contributed by atoms with van der Waals surface area (Å²) in [4.78, 5) is 51.1. The molecule has 10 heteroatoms. The largest absolute Gasteiger partial charge is 0.450 e. The van der Waals surface area contributed by atoms with Crippen molar-refractivity contribution in [2.45, 2.75) is 72.6 Å². The minimum Gasteiger partial charge on any atom is -0.450 e. The quantitative estimate of drug-likeness (QED) is 0.247. The number of non-ortho nitro benzene ring substituents is 1. The van der Waals surface area contributed by atoms with Crippen molar-refractivity contribution < 1.29 is 24.2 Å². The van der Waals surface area contributed by atoms with Crippen molar-refractivity contribution in [1.82, 2.24) is 4.90 Å². The number of rotatable bonds is 7. The molecule has 0 aromatic heterocycles. The predicted octanol–water partition coefficient (Wildman–Crippen LogP) is 7.39. The van der Waals surface area contributed by atoms with Crippen LogP contribution in [0.2, 0.25) is 0 Å². The Hall–Kier alpha value is -4.34. The van der Waals surface area contributed by atoms with Gasteiger partial charge in [0.1, 0.15) is 5.75 Å². The van der Waals surface area contributed by atoms with Crippen molar-refractivity contribution in [2.75, 3.05) is 6.54 Å². The van der Waals surface area contributed by atoms with Crippen LogP contribution in [-0.2, 0) is 9.59 Å². The summed E-state index contributed by atoms with van der Waals surface area (Å²) in [7, 11) is 0. The van der Waals surface area contributed by atoms with Crippen LogP contribution in [0.3, 0.4) is 0 Å². The maximum Gasteiger partial charge on any atom is 0.318 e. The third-order valence-electron chi connectivity index (χ3n) is 8.26. The molecule has 3 aliphatic rings. The van der Waals surface area contributed by atoms with Gasteiger partial charge in [-0.05, 0) is 53.9 Å². The van der Waals surface area contributed by atoms with Crippen LogP contribution in [0, 0.1) is 31.1 Å². The first-order chi connectivity index (χ1) is 19.7. The fraction of sp³-hybridized carbons (Fsp3) is 0.438. The number of nitro groups is 2. The van der Waals surface area contributed by atoms with Crippen molar-refractivity contribution in [2.24, 2.45) is 10.8 Å². The highest BCUT2D eigenvalue weighted by atomic mass is 16.6. The number of ketones is 2. The van der Waals surface area contributed by atoms with Gasteiger partial charge in [0.15, 0.2) is 11.6 Å². The molecule has 0 fully saturated rings. The summed E-state index contributed by atoms with van der Waals surface area (Å²) in [5.41, 5.74) is 2.84. The van der Waals surface area contributed by atoms with Gasteiger partial charge in [-0.2, -0.15) is 0 Å². The van der Waals surface area contributed by atoms with Crippen molar-refractivity contribution in [3.05, 3.63) is 90.8 Å². The predicted molar refractivity (Wildman–Crippen MR) is 156 cm³/mol. The summed E-state index contributed by atoms with van der Waals surface area (Å²) in [6.07, 6.45) is 3.15. The van der Waals surface area contributed by atoms with E-state index in [4.69, 9.17) is 4.74 Å². The Kier molecular flexibility index (Phi) is 7.28. The van der Waals surface area contributed by atoms with Gasteiger partial charge in [0.2, 0.25) is 5.75 Å². The van der Waals surface area contributed by atoms with E-state index in [1.54, 1.807) is 24.3 Å². The Bertz CT molecular complexity index is 1510. The molecule has 5 rings (SSSR count). The van der Waals surface area contributed by atoms with Crippen molar-refractivity contribution in [3.8, 4) is 11.5 Å². The minimum atomic E-state index is -0.727. The molecule has 2 aromatic rings. The van der Waals surface area contributed by atoms with Crippen molar-refractivity contribution in [1.29, 1.82) is 0 Å². The number of carbonyl (C=O) groups excluding carboxylic acids is 2. The number of nitrogens with zero attached hydrogens (tertiary/aromatic N) is 3. The Labute approximate surface area is 244 Å². The maximum atomic E-state index is 13.8. The van der Waals surface area contributed by atoms with Crippen molar-refractivity contribution >= 4 is 22.9 Å². The minimum absolute atomic E-state index is 0.0540. The molecule has 0 N–H and O–H groups in total. The molecular formula is C32H35N3O7. The molecule has 1 aliphatic heterocycles. The standard InChI is InChI=1S/C32H35N3O7/c1-6-13-33-23-15-31(2,3)17-25(36)29(23)28(30-24(33)16-32(4,5)18-26(30)37)19-7-10-21(11-8-19)42-27-12-9-20(34(38)39)14-22(27)35(40)41/h7-12,14,28H,6,13,15-18H2,1-5H3. The fourth-order valence-electron chi connectivity index (χ4n) is 6.58. The van der Waals surface area contributed by atoms with E-state index in [1.165, 1.54) is 6.07 Å². The van der Waals surface area contributed by atoms with Crippen LogP contribution in [0.1, 0.15) is 78.2 Å². The highest BCUT2D eigenvalue weighted by Gasteiger charge is 2.48. The molecule has 0 saturated carbocycles. The Morgan fingerprint density at radius 1 is 0.833 bits per heavy atom. The molecule has 220 valence electrons. The third kappa shape index (κ3) is 5.33. The van der Waals surface area contributed by atoms with Crippen LogP contribution >= 0.6 is 0 Å². The van der Waals surface area contributed by atoms with E-state index in [-0.39, 0.29) is 33.9 Å². The highest BCUT2D eigenvalue weighted by Crippen LogP contribution is 2.54. The van der Waals surface area contributed by atoms with Gasteiger partial charge < -0.3 is 9.64 Å². The van der Waals surface area contributed by atoms with Gasteiger partial charge in [0.25, 0.3) is 5.69 Å².